The third-order valence-corrected chi connectivity index (χ3v) is 3.46. The predicted molar refractivity (Wildman–Crippen MR) is 79.7 cm³/mol. The van der Waals surface area contributed by atoms with E-state index in [-0.39, 0.29) is 11.4 Å². The van der Waals surface area contributed by atoms with Crippen LogP contribution in [-0.4, -0.2) is 4.92 Å². The minimum atomic E-state index is -0.462. The lowest BCUT2D eigenvalue weighted by Crippen LogP contribution is -1.94. The molecule has 0 fully saturated rings. The average Bonchev–Trinajstić information content (AvgIpc) is 2.32. The van der Waals surface area contributed by atoms with Gasteiger partial charge in [-0.05, 0) is 36.8 Å². The van der Waals surface area contributed by atoms with Crippen molar-refractivity contribution in [1.29, 1.82) is 0 Å². The Bertz CT molecular complexity index is 644. The van der Waals surface area contributed by atoms with Gasteiger partial charge >= 0.3 is 5.69 Å². The maximum absolute atomic E-state index is 11.0. The van der Waals surface area contributed by atoms with E-state index in [1.807, 2.05) is 19.1 Å². The molecule has 0 heterocycles. The quantitative estimate of drug-likeness (QED) is 0.536. The molecule has 2 aromatic carbocycles. The number of aryl methyl sites for hydroxylation is 1. The third-order valence-electron chi connectivity index (χ3n) is 2.48. The summed E-state index contributed by atoms with van der Waals surface area (Å²) in [6.07, 6.45) is 0. The molecule has 0 N–H and O–H groups in total. The van der Waals surface area contributed by atoms with Crippen LogP contribution < -0.4 is 4.74 Å². The molecule has 0 spiro atoms. The van der Waals surface area contributed by atoms with E-state index in [1.54, 1.807) is 18.2 Å². The second-order valence-electron chi connectivity index (χ2n) is 3.88. The molecule has 6 heteroatoms. The minimum Gasteiger partial charge on any atom is -0.450 e. The summed E-state index contributed by atoms with van der Waals surface area (Å²) in [5.74, 6) is 0.800. The molecule has 0 atom stereocenters. The Balaban J connectivity index is 2.42. The van der Waals surface area contributed by atoms with Gasteiger partial charge in [-0.1, -0.05) is 31.9 Å². The van der Waals surface area contributed by atoms with Crippen molar-refractivity contribution in [1.82, 2.24) is 0 Å². The van der Waals surface area contributed by atoms with Crippen molar-refractivity contribution in [2.45, 2.75) is 6.92 Å². The van der Waals surface area contributed by atoms with Gasteiger partial charge in [-0.2, -0.15) is 0 Å². The highest BCUT2D eigenvalue weighted by Crippen LogP contribution is 2.35. The molecule has 19 heavy (non-hydrogen) atoms. The lowest BCUT2D eigenvalue weighted by Gasteiger charge is -2.09. The first-order chi connectivity index (χ1) is 8.97. The number of halogens is 2. The summed E-state index contributed by atoms with van der Waals surface area (Å²) in [7, 11) is 0. The van der Waals surface area contributed by atoms with Crippen LogP contribution in [0.3, 0.4) is 0 Å². The normalized spacial score (nSPS) is 10.3. The molecule has 0 aliphatic carbocycles. The van der Waals surface area contributed by atoms with Crippen molar-refractivity contribution in [2.24, 2.45) is 0 Å². The molecule has 4 nitrogen and oxygen atoms in total. The number of nitro groups is 1. The Morgan fingerprint density at radius 3 is 2.32 bits per heavy atom. The maximum Gasteiger partial charge on any atom is 0.311 e. The lowest BCUT2D eigenvalue weighted by molar-refractivity contribution is -0.385. The van der Waals surface area contributed by atoms with Crippen LogP contribution in [0.1, 0.15) is 5.56 Å². The van der Waals surface area contributed by atoms with Crippen LogP contribution in [0.2, 0.25) is 0 Å². The molecule has 2 aromatic rings. The molecule has 98 valence electrons. The van der Waals surface area contributed by atoms with Crippen LogP contribution in [0, 0.1) is 17.0 Å². The Morgan fingerprint density at radius 1 is 1.05 bits per heavy atom. The zero-order valence-electron chi connectivity index (χ0n) is 9.89. The number of hydrogen-bond donors (Lipinski definition) is 0. The fourth-order valence-corrected chi connectivity index (χ4v) is 2.38. The molecule has 0 unspecified atom stereocenters. The van der Waals surface area contributed by atoms with Gasteiger partial charge in [0.2, 0.25) is 5.75 Å². The summed E-state index contributed by atoms with van der Waals surface area (Å²) in [5, 5.41) is 11.0. The maximum atomic E-state index is 11.0. The van der Waals surface area contributed by atoms with Gasteiger partial charge in [0.25, 0.3) is 0 Å². The van der Waals surface area contributed by atoms with Crippen molar-refractivity contribution in [3.63, 3.8) is 0 Å². The van der Waals surface area contributed by atoms with E-state index in [4.69, 9.17) is 4.74 Å². The molecule has 0 radical (unpaired) electrons. The highest BCUT2D eigenvalue weighted by atomic mass is 79.9. The molecule has 0 amide bonds. The molecule has 0 aromatic heterocycles. The first-order valence-corrected chi connectivity index (χ1v) is 6.94. The van der Waals surface area contributed by atoms with E-state index < -0.39 is 4.92 Å². The summed E-state index contributed by atoms with van der Waals surface area (Å²) in [5.41, 5.74) is 0.828. The van der Waals surface area contributed by atoms with E-state index in [9.17, 15) is 10.1 Å². The Kier molecular flexibility index (Phi) is 4.21. The number of nitrogens with zero attached hydrogens (tertiary/aromatic N) is 1. The van der Waals surface area contributed by atoms with Gasteiger partial charge in [0.1, 0.15) is 5.75 Å². The standard InChI is InChI=1S/C13H9Br2NO3/c1-8-6-9(14)3-5-12(8)19-13-7-10(15)2-4-11(13)16(17)18/h2-7H,1H3. The van der Waals surface area contributed by atoms with Gasteiger partial charge in [0, 0.05) is 21.1 Å². The second-order valence-corrected chi connectivity index (χ2v) is 5.71. The van der Waals surface area contributed by atoms with Crippen molar-refractivity contribution >= 4 is 37.5 Å². The molecule has 0 saturated carbocycles. The third kappa shape index (κ3) is 3.33. The number of hydrogen-bond acceptors (Lipinski definition) is 3. The summed E-state index contributed by atoms with van der Waals surface area (Å²) in [4.78, 5) is 10.5. The van der Waals surface area contributed by atoms with Gasteiger partial charge in [0.05, 0.1) is 4.92 Å². The molecule has 0 bridgehead atoms. The molecular formula is C13H9Br2NO3. The zero-order valence-corrected chi connectivity index (χ0v) is 13.1. The predicted octanol–water partition coefficient (Wildman–Crippen LogP) is 5.22. The second kappa shape index (κ2) is 5.71. The molecule has 0 saturated heterocycles. The number of rotatable bonds is 3. The first-order valence-electron chi connectivity index (χ1n) is 5.35. The van der Waals surface area contributed by atoms with Gasteiger partial charge in [-0.15, -0.1) is 0 Å². The van der Waals surface area contributed by atoms with Crippen LogP contribution in [0.4, 0.5) is 5.69 Å². The molecule has 0 aliphatic rings. The fraction of sp³-hybridized carbons (Fsp3) is 0.0769. The van der Waals surface area contributed by atoms with Crippen LogP contribution in [0.25, 0.3) is 0 Å². The fourth-order valence-electron chi connectivity index (χ4n) is 1.57. The monoisotopic (exact) mass is 385 g/mol. The Hall–Kier alpha value is -1.40. The van der Waals surface area contributed by atoms with Gasteiger partial charge < -0.3 is 4.74 Å². The smallest absolute Gasteiger partial charge is 0.311 e. The first kappa shape index (κ1) is 14.0. The van der Waals surface area contributed by atoms with Crippen molar-refractivity contribution in [3.8, 4) is 11.5 Å². The SMILES string of the molecule is Cc1cc(Br)ccc1Oc1cc(Br)ccc1[N+](=O)[O-]. The highest BCUT2D eigenvalue weighted by Gasteiger charge is 2.16. The summed E-state index contributed by atoms with van der Waals surface area (Å²) in [6.45, 7) is 1.88. The van der Waals surface area contributed by atoms with Crippen LogP contribution in [0.5, 0.6) is 11.5 Å². The lowest BCUT2D eigenvalue weighted by atomic mass is 10.2. The summed E-state index contributed by atoms with van der Waals surface area (Å²) in [6, 6.07) is 10.1. The van der Waals surface area contributed by atoms with Crippen molar-refractivity contribution < 1.29 is 9.66 Å². The van der Waals surface area contributed by atoms with E-state index in [1.165, 1.54) is 6.07 Å². The topological polar surface area (TPSA) is 52.4 Å². The van der Waals surface area contributed by atoms with Gasteiger partial charge in [-0.25, -0.2) is 0 Å². The Labute approximate surface area is 126 Å². The van der Waals surface area contributed by atoms with Crippen LogP contribution in [-0.2, 0) is 0 Å². The van der Waals surface area contributed by atoms with Crippen LogP contribution >= 0.6 is 31.9 Å². The number of benzene rings is 2. The van der Waals surface area contributed by atoms with E-state index in [2.05, 4.69) is 31.9 Å². The molecular weight excluding hydrogens is 378 g/mol. The Morgan fingerprint density at radius 2 is 1.68 bits per heavy atom. The van der Waals surface area contributed by atoms with Gasteiger partial charge in [-0.3, -0.25) is 10.1 Å². The minimum absolute atomic E-state index is 0.0643. The zero-order chi connectivity index (χ0) is 14.0. The van der Waals surface area contributed by atoms with E-state index in [0.29, 0.717) is 5.75 Å². The molecule has 2 rings (SSSR count). The van der Waals surface area contributed by atoms with Crippen molar-refractivity contribution in [3.05, 3.63) is 61.0 Å². The number of ether oxygens (including phenoxy) is 1. The van der Waals surface area contributed by atoms with Gasteiger partial charge in [0.15, 0.2) is 0 Å². The van der Waals surface area contributed by atoms with Crippen LogP contribution in [0.15, 0.2) is 45.3 Å². The highest BCUT2D eigenvalue weighted by molar-refractivity contribution is 9.10. The largest absolute Gasteiger partial charge is 0.450 e. The van der Waals surface area contributed by atoms with E-state index >= 15 is 0 Å². The summed E-state index contributed by atoms with van der Waals surface area (Å²) >= 11 is 6.64. The van der Waals surface area contributed by atoms with Crippen molar-refractivity contribution in [2.75, 3.05) is 0 Å². The molecule has 0 aliphatic heterocycles. The summed E-state index contributed by atoms with van der Waals surface area (Å²) < 4.78 is 7.30. The van der Waals surface area contributed by atoms with E-state index in [0.717, 1.165) is 14.5 Å². The number of nitro benzene ring substituents is 1. The average molecular weight is 387 g/mol.